The molecule has 0 saturated carbocycles. The maximum Gasteiger partial charge on any atom is 0.257 e. The Labute approximate surface area is 125 Å². The van der Waals surface area contributed by atoms with Gasteiger partial charge < -0.3 is 15.0 Å². The predicted octanol–water partition coefficient (Wildman–Crippen LogP) is 2.30. The number of piperidine rings is 1. The van der Waals surface area contributed by atoms with Crippen molar-refractivity contribution in [2.75, 3.05) is 33.3 Å². The van der Waals surface area contributed by atoms with Gasteiger partial charge >= 0.3 is 0 Å². The highest BCUT2D eigenvalue weighted by Crippen LogP contribution is 2.24. The maximum absolute atomic E-state index is 13.4. The minimum absolute atomic E-state index is 0.145. The van der Waals surface area contributed by atoms with Crippen molar-refractivity contribution in [1.82, 2.24) is 10.2 Å². The fourth-order valence-corrected chi connectivity index (χ4v) is 2.71. The summed E-state index contributed by atoms with van der Waals surface area (Å²) in [6, 6.07) is 4.06. The molecule has 1 aliphatic rings. The number of ether oxygens (including phenoxy) is 1. The minimum atomic E-state index is -0.416. The number of nitrogens with one attached hydrogen (secondary N) is 1. The van der Waals surface area contributed by atoms with Gasteiger partial charge in [0.2, 0.25) is 0 Å². The topological polar surface area (TPSA) is 41.6 Å². The van der Waals surface area contributed by atoms with Crippen molar-refractivity contribution in [1.29, 1.82) is 0 Å². The summed E-state index contributed by atoms with van der Waals surface area (Å²) in [4.78, 5) is 14.3. The quantitative estimate of drug-likeness (QED) is 0.906. The van der Waals surface area contributed by atoms with Gasteiger partial charge in [0.05, 0.1) is 12.7 Å². The lowest BCUT2D eigenvalue weighted by molar-refractivity contribution is 0.0686. The van der Waals surface area contributed by atoms with E-state index >= 15 is 0 Å². The second-order valence-corrected chi connectivity index (χ2v) is 5.39. The third-order valence-corrected chi connectivity index (χ3v) is 3.98. The Balaban J connectivity index is 2.00. The molecule has 1 aliphatic heterocycles. The number of hydrogen-bond donors (Lipinski definition) is 1. The number of amides is 1. The van der Waals surface area contributed by atoms with Gasteiger partial charge in [0.1, 0.15) is 11.6 Å². The van der Waals surface area contributed by atoms with E-state index in [1.54, 1.807) is 4.90 Å². The predicted molar refractivity (Wildman–Crippen MR) is 80.1 cm³/mol. The zero-order chi connectivity index (χ0) is 15.2. The van der Waals surface area contributed by atoms with Gasteiger partial charge in [-0.1, -0.05) is 6.92 Å². The van der Waals surface area contributed by atoms with Crippen molar-refractivity contribution in [2.45, 2.75) is 19.8 Å². The average molecular weight is 294 g/mol. The van der Waals surface area contributed by atoms with Gasteiger partial charge in [-0.25, -0.2) is 4.39 Å². The van der Waals surface area contributed by atoms with Crippen LogP contribution in [0.2, 0.25) is 0 Å². The van der Waals surface area contributed by atoms with Crippen molar-refractivity contribution >= 4 is 5.91 Å². The fraction of sp³-hybridized carbons (Fsp3) is 0.562. The maximum atomic E-state index is 13.4. The molecule has 1 amide bonds. The summed E-state index contributed by atoms with van der Waals surface area (Å²) in [6.45, 7) is 5.50. The van der Waals surface area contributed by atoms with E-state index in [0.717, 1.165) is 25.9 Å². The van der Waals surface area contributed by atoms with Gasteiger partial charge in [-0.05, 0) is 50.0 Å². The van der Waals surface area contributed by atoms with E-state index in [2.05, 4.69) is 12.2 Å². The molecule has 116 valence electrons. The van der Waals surface area contributed by atoms with Crippen LogP contribution in [0.5, 0.6) is 5.75 Å². The normalized spacial score (nSPS) is 16.0. The fourth-order valence-electron chi connectivity index (χ4n) is 2.71. The lowest BCUT2D eigenvalue weighted by Crippen LogP contribution is -2.40. The monoisotopic (exact) mass is 294 g/mol. The first-order chi connectivity index (χ1) is 10.2. The molecule has 4 nitrogen and oxygen atoms in total. The van der Waals surface area contributed by atoms with Crippen molar-refractivity contribution in [3.63, 3.8) is 0 Å². The summed E-state index contributed by atoms with van der Waals surface area (Å²) < 4.78 is 18.5. The van der Waals surface area contributed by atoms with Gasteiger partial charge in [0, 0.05) is 13.1 Å². The molecule has 2 rings (SSSR count). The summed E-state index contributed by atoms with van der Waals surface area (Å²) in [7, 11) is 1.49. The summed E-state index contributed by atoms with van der Waals surface area (Å²) in [6.07, 6.45) is 1.97. The summed E-state index contributed by atoms with van der Waals surface area (Å²) in [5.41, 5.74) is 0.308. The van der Waals surface area contributed by atoms with Gasteiger partial charge in [-0.15, -0.1) is 0 Å². The average Bonchev–Trinajstić information content (AvgIpc) is 2.52. The van der Waals surface area contributed by atoms with E-state index < -0.39 is 5.82 Å². The summed E-state index contributed by atoms with van der Waals surface area (Å²) in [5, 5.41) is 3.35. The van der Waals surface area contributed by atoms with E-state index in [1.165, 1.54) is 25.3 Å². The molecule has 0 unspecified atom stereocenters. The SMILES string of the molecule is CCNCC1CCN(C(=O)c2cc(F)ccc2OC)CC1. The standard InChI is InChI=1S/C16H23FN2O2/c1-3-18-11-12-6-8-19(9-7-12)16(20)14-10-13(17)4-5-15(14)21-2/h4-5,10,12,18H,3,6-9,11H2,1-2H3. The van der Waals surface area contributed by atoms with E-state index in [9.17, 15) is 9.18 Å². The first-order valence-electron chi connectivity index (χ1n) is 7.49. The van der Waals surface area contributed by atoms with E-state index in [1.807, 2.05) is 0 Å². The number of methoxy groups -OCH3 is 1. The molecule has 1 heterocycles. The van der Waals surface area contributed by atoms with E-state index in [4.69, 9.17) is 4.74 Å². The summed E-state index contributed by atoms with van der Waals surface area (Å²) >= 11 is 0. The summed E-state index contributed by atoms with van der Waals surface area (Å²) in [5.74, 6) is 0.481. The number of nitrogens with zero attached hydrogens (tertiary/aromatic N) is 1. The Morgan fingerprint density at radius 2 is 2.14 bits per heavy atom. The molecule has 0 bridgehead atoms. The van der Waals surface area contributed by atoms with Crippen LogP contribution in [0.25, 0.3) is 0 Å². The number of likely N-dealkylation sites (tertiary alicyclic amines) is 1. The third kappa shape index (κ3) is 3.94. The van der Waals surface area contributed by atoms with Crippen LogP contribution in [0.4, 0.5) is 4.39 Å². The van der Waals surface area contributed by atoms with Crippen molar-refractivity contribution in [3.8, 4) is 5.75 Å². The smallest absolute Gasteiger partial charge is 0.257 e. The Hall–Kier alpha value is -1.62. The number of carbonyl (C=O) groups is 1. The zero-order valence-electron chi connectivity index (χ0n) is 12.7. The molecule has 21 heavy (non-hydrogen) atoms. The van der Waals surface area contributed by atoms with Gasteiger partial charge in [0.15, 0.2) is 0 Å². The lowest BCUT2D eigenvalue weighted by Gasteiger charge is -2.32. The highest BCUT2D eigenvalue weighted by atomic mass is 19.1. The number of halogens is 1. The van der Waals surface area contributed by atoms with Crippen molar-refractivity contribution in [2.24, 2.45) is 5.92 Å². The second kappa shape index (κ2) is 7.41. The van der Waals surface area contributed by atoms with Crippen LogP contribution in [0.1, 0.15) is 30.1 Å². The van der Waals surface area contributed by atoms with Crippen LogP contribution in [0, 0.1) is 11.7 Å². The van der Waals surface area contributed by atoms with Crippen LogP contribution in [-0.4, -0.2) is 44.1 Å². The van der Waals surface area contributed by atoms with E-state index in [0.29, 0.717) is 30.3 Å². The Kier molecular flexibility index (Phi) is 5.56. The second-order valence-electron chi connectivity index (χ2n) is 5.39. The Morgan fingerprint density at radius 1 is 1.43 bits per heavy atom. The highest BCUT2D eigenvalue weighted by Gasteiger charge is 2.25. The van der Waals surface area contributed by atoms with Crippen molar-refractivity contribution < 1.29 is 13.9 Å². The zero-order valence-corrected chi connectivity index (χ0v) is 12.7. The van der Waals surface area contributed by atoms with Gasteiger partial charge in [0.25, 0.3) is 5.91 Å². The van der Waals surface area contributed by atoms with Crippen LogP contribution in [-0.2, 0) is 0 Å². The third-order valence-electron chi connectivity index (χ3n) is 3.98. The number of rotatable bonds is 5. The lowest BCUT2D eigenvalue weighted by atomic mass is 9.96. The molecular formula is C16H23FN2O2. The number of carbonyl (C=O) groups excluding carboxylic acids is 1. The molecule has 1 aromatic rings. The molecule has 5 heteroatoms. The molecule has 1 saturated heterocycles. The molecule has 0 aliphatic carbocycles. The largest absolute Gasteiger partial charge is 0.496 e. The molecule has 0 radical (unpaired) electrons. The molecule has 0 atom stereocenters. The van der Waals surface area contributed by atoms with Gasteiger partial charge in [-0.2, -0.15) is 0 Å². The highest BCUT2D eigenvalue weighted by molar-refractivity contribution is 5.97. The van der Waals surface area contributed by atoms with Crippen LogP contribution >= 0.6 is 0 Å². The molecule has 0 aromatic heterocycles. The number of hydrogen-bond acceptors (Lipinski definition) is 3. The van der Waals surface area contributed by atoms with Crippen LogP contribution in [0.15, 0.2) is 18.2 Å². The van der Waals surface area contributed by atoms with Crippen molar-refractivity contribution in [3.05, 3.63) is 29.6 Å². The Morgan fingerprint density at radius 3 is 2.76 bits per heavy atom. The Bertz CT molecular complexity index is 485. The molecule has 1 fully saturated rings. The number of benzene rings is 1. The molecule has 1 aromatic carbocycles. The van der Waals surface area contributed by atoms with E-state index in [-0.39, 0.29) is 5.91 Å². The first kappa shape index (κ1) is 15.8. The molecule has 1 N–H and O–H groups in total. The molecular weight excluding hydrogens is 271 g/mol. The van der Waals surface area contributed by atoms with Crippen LogP contribution in [0.3, 0.4) is 0 Å². The minimum Gasteiger partial charge on any atom is -0.496 e. The van der Waals surface area contributed by atoms with Gasteiger partial charge in [-0.3, -0.25) is 4.79 Å². The van der Waals surface area contributed by atoms with Crippen LogP contribution < -0.4 is 10.1 Å². The first-order valence-corrected chi connectivity index (χ1v) is 7.49. The molecule has 0 spiro atoms.